The maximum atomic E-state index is 13.8. The van der Waals surface area contributed by atoms with Crippen LogP contribution >= 0.6 is 23.2 Å². The number of hydrogen-bond donors (Lipinski definition) is 3. The van der Waals surface area contributed by atoms with Gasteiger partial charge in [0.25, 0.3) is 5.56 Å². The van der Waals surface area contributed by atoms with Gasteiger partial charge < -0.3 is 11.1 Å². The minimum atomic E-state index is -0.901. The number of carbonyl (C=O) groups excluding carboxylic acids is 1. The van der Waals surface area contributed by atoms with E-state index in [2.05, 4.69) is 15.3 Å². The van der Waals surface area contributed by atoms with E-state index in [4.69, 9.17) is 34.8 Å². The molecule has 9 nitrogen and oxygen atoms in total. The summed E-state index contributed by atoms with van der Waals surface area (Å²) in [6, 6.07) is 24.0. The van der Waals surface area contributed by atoms with Gasteiger partial charge in [-0.15, -0.1) is 0 Å². The van der Waals surface area contributed by atoms with Gasteiger partial charge >= 0.3 is 0 Å². The Morgan fingerprint density at radius 3 is 2.59 bits per heavy atom. The molecule has 5 aromatic rings. The zero-order valence-electron chi connectivity index (χ0n) is 21.6. The number of fused-ring (bicyclic) bond motifs is 1. The number of hydrazine groups is 1. The molecule has 0 spiro atoms. The lowest BCUT2D eigenvalue weighted by Gasteiger charge is -2.21. The monoisotopic (exact) mass is 585 g/mol. The van der Waals surface area contributed by atoms with Gasteiger partial charge in [0.2, 0.25) is 5.91 Å². The molecule has 2 aromatic heterocycles. The van der Waals surface area contributed by atoms with Gasteiger partial charge in [0.15, 0.2) is 0 Å². The van der Waals surface area contributed by atoms with Crippen LogP contribution in [0.5, 0.6) is 0 Å². The largest absolute Gasteiger partial charge is 0.388 e. The Morgan fingerprint density at radius 1 is 1.02 bits per heavy atom. The van der Waals surface area contributed by atoms with Gasteiger partial charge in [-0.2, -0.15) is 0 Å². The fourth-order valence-electron chi connectivity index (χ4n) is 4.52. The molecule has 1 unspecified atom stereocenters. The molecule has 1 amide bonds. The van der Waals surface area contributed by atoms with Crippen molar-refractivity contribution in [2.75, 3.05) is 10.3 Å². The second-order valence-electron chi connectivity index (χ2n) is 9.17. The summed E-state index contributed by atoms with van der Waals surface area (Å²) in [6.45, 7) is 0. The number of carbonyl (C=O) groups is 1. The summed E-state index contributed by atoms with van der Waals surface area (Å²) in [5, 5.41) is 5.37. The van der Waals surface area contributed by atoms with Crippen molar-refractivity contribution in [3.8, 4) is 11.3 Å². The van der Waals surface area contributed by atoms with Crippen molar-refractivity contribution in [2.45, 2.75) is 12.5 Å². The Morgan fingerprint density at radius 2 is 1.83 bits per heavy atom. The van der Waals surface area contributed by atoms with Crippen LogP contribution in [-0.4, -0.2) is 20.4 Å². The topological polar surface area (TPSA) is 132 Å². The van der Waals surface area contributed by atoms with Crippen LogP contribution < -0.4 is 27.5 Å². The third kappa shape index (κ3) is 6.38. The van der Waals surface area contributed by atoms with Crippen LogP contribution in [0.15, 0.2) is 114 Å². The molecule has 41 heavy (non-hydrogen) atoms. The number of rotatable bonds is 8. The molecule has 5 rings (SSSR count). The highest BCUT2D eigenvalue weighted by molar-refractivity contribution is 6.31. The molecule has 2 heterocycles. The summed E-state index contributed by atoms with van der Waals surface area (Å²) in [6.07, 6.45) is 4.62. The minimum absolute atomic E-state index is 0.0338. The smallest absolute Gasteiger partial charge is 0.254 e. The Balaban J connectivity index is 1.54. The Labute approximate surface area is 245 Å². The second-order valence-corrected chi connectivity index (χ2v) is 10.0. The van der Waals surface area contributed by atoms with E-state index >= 15 is 0 Å². The van der Waals surface area contributed by atoms with Gasteiger partial charge in [0.05, 0.1) is 35.1 Å². The van der Waals surface area contributed by atoms with Crippen molar-refractivity contribution < 1.29 is 4.79 Å². The predicted octanol–water partition coefficient (Wildman–Crippen LogP) is 5.21. The Kier molecular flexibility index (Phi) is 8.30. The number of hydrogen-bond acceptors (Lipinski definition) is 7. The van der Waals surface area contributed by atoms with Gasteiger partial charge in [-0.1, -0.05) is 59.6 Å². The summed E-state index contributed by atoms with van der Waals surface area (Å²) in [5.74, 6) is 5.75. The molecule has 0 saturated heterocycles. The standard InChI is InChI=1S/C30H25Cl2N7O2/c31-20-11-12-26(39(34)17-28(32)33)22(15-20)25-16-29(40)38(18-36-25)27(14-19-6-2-1-3-7-19)30(41)37-24-10-4-9-23-21(24)8-5-13-35-23/h1-13,15-18,27H,14,33-34H2,(H,37,41)/b28-17-. The molecule has 1 atom stereocenters. The number of halogens is 2. The van der Waals surface area contributed by atoms with Crippen molar-refractivity contribution in [2.24, 2.45) is 11.6 Å². The van der Waals surface area contributed by atoms with Crippen molar-refractivity contribution >= 4 is 51.4 Å². The fraction of sp³-hybridized carbons (Fsp3) is 0.0667. The van der Waals surface area contributed by atoms with E-state index in [1.807, 2.05) is 48.5 Å². The highest BCUT2D eigenvalue weighted by Gasteiger charge is 2.24. The molecule has 0 radical (unpaired) electrons. The van der Waals surface area contributed by atoms with E-state index in [9.17, 15) is 9.59 Å². The van der Waals surface area contributed by atoms with Gasteiger partial charge in [-0.05, 0) is 48.0 Å². The predicted molar refractivity (Wildman–Crippen MR) is 163 cm³/mol. The first-order valence-electron chi connectivity index (χ1n) is 12.5. The van der Waals surface area contributed by atoms with Crippen LogP contribution in [-0.2, 0) is 11.2 Å². The SMILES string of the molecule is N/C(Cl)=C\N(N)c1ccc(Cl)cc1-c1cc(=O)n(C(Cc2ccccc2)C(=O)Nc2cccc3ncccc23)cn1. The molecule has 5 N–H and O–H groups in total. The number of nitrogens with zero attached hydrogens (tertiary/aromatic N) is 4. The molecule has 0 saturated carbocycles. The first-order chi connectivity index (χ1) is 19.8. The first-order valence-corrected chi connectivity index (χ1v) is 13.3. The molecule has 0 aliphatic rings. The van der Waals surface area contributed by atoms with Crippen LogP contribution in [0.3, 0.4) is 0 Å². The number of amides is 1. The Bertz CT molecular complexity index is 1800. The molecule has 3 aromatic carbocycles. The summed E-state index contributed by atoms with van der Waals surface area (Å²) >= 11 is 12.1. The van der Waals surface area contributed by atoms with Crippen molar-refractivity contribution in [1.82, 2.24) is 14.5 Å². The maximum absolute atomic E-state index is 13.8. The van der Waals surface area contributed by atoms with Crippen molar-refractivity contribution in [3.05, 3.63) is 130 Å². The minimum Gasteiger partial charge on any atom is -0.388 e. The third-order valence-electron chi connectivity index (χ3n) is 6.42. The first kappa shape index (κ1) is 27.9. The number of pyridine rings is 1. The second kappa shape index (κ2) is 12.2. The van der Waals surface area contributed by atoms with Crippen LogP contribution in [0.25, 0.3) is 22.2 Å². The molecular formula is C30H25Cl2N7O2. The lowest BCUT2D eigenvalue weighted by atomic mass is 10.0. The quantitative estimate of drug-likeness (QED) is 0.129. The fourth-order valence-corrected chi connectivity index (χ4v) is 4.79. The van der Waals surface area contributed by atoms with E-state index in [-0.39, 0.29) is 17.5 Å². The summed E-state index contributed by atoms with van der Waals surface area (Å²) in [4.78, 5) is 36.2. The zero-order chi connectivity index (χ0) is 28.9. The lowest BCUT2D eigenvalue weighted by molar-refractivity contribution is -0.119. The molecule has 11 heteroatoms. The molecule has 0 bridgehead atoms. The summed E-state index contributed by atoms with van der Waals surface area (Å²) < 4.78 is 1.32. The number of aromatic nitrogens is 3. The number of nitrogens with one attached hydrogen (secondary N) is 1. The Hall–Kier alpha value is -4.70. The van der Waals surface area contributed by atoms with Crippen molar-refractivity contribution in [3.63, 3.8) is 0 Å². The van der Waals surface area contributed by atoms with Gasteiger partial charge in [-0.3, -0.25) is 24.1 Å². The molecule has 0 aliphatic carbocycles. The molecule has 0 aliphatic heterocycles. The van der Waals surface area contributed by atoms with Crippen LogP contribution in [0.1, 0.15) is 11.6 Å². The van der Waals surface area contributed by atoms with Gasteiger partial charge in [-0.25, -0.2) is 10.8 Å². The van der Waals surface area contributed by atoms with E-state index in [0.29, 0.717) is 27.7 Å². The number of nitrogens with two attached hydrogens (primary N) is 2. The molecule has 0 fully saturated rings. The third-order valence-corrected chi connectivity index (χ3v) is 6.76. The number of benzene rings is 3. The van der Waals surface area contributed by atoms with E-state index in [0.717, 1.165) is 16.5 Å². The van der Waals surface area contributed by atoms with E-state index in [1.165, 1.54) is 28.2 Å². The van der Waals surface area contributed by atoms with Gasteiger partial charge in [0, 0.05) is 34.7 Å². The molecular weight excluding hydrogens is 561 g/mol. The highest BCUT2D eigenvalue weighted by Crippen LogP contribution is 2.31. The summed E-state index contributed by atoms with van der Waals surface area (Å²) in [5.41, 5.74) is 8.59. The van der Waals surface area contributed by atoms with Crippen LogP contribution in [0, 0.1) is 0 Å². The average Bonchev–Trinajstić information content (AvgIpc) is 2.96. The van der Waals surface area contributed by atoms with Crippen LogP contribution in [0.4, 0.5) is 11.4 Å². The zero-order valence-corrected chi connectivity index (χ0v) is 23.1. The van der Waals surface area contributed by atoms with Gasteiger partial charge in [0.1, 0.15) is 11.2 Å². The normalized spacial score (nSPS) is 12.2. The summed E-state index contributed by atoms with van der Waals surface area (Å²) in [7, 11) is 0. The molecule has 206 valence electrons. The lowest BCUT2D eigenvalue weighted by Crippen LogP contribution is -2.35. The highest BCUT2D eigenvalue weighted by atomic mass is 35.5. The van der Waals surface area contributed by atoms with Crippen molar-refractivity contribution in [1.29, 1.82) is 0 Å². The maximum Gasteiger partial charge on any atom is 0.254 e. The van der Waals surface area contributed by atoms with E-state index < -0.39 is 11.6 Å². The van der Waals surface area contributed by atoms with Crippen LogP contribution in [0.2, 0.25) is 5.02 Å². The van der Waals surface area contributed by atoms with E-state index in [1.54, 1.807) is 36.5 Å². The number of anilines is 2. The average molecular weight is 586 g/mol.